The van der Waals surface area contributed by atoms with Crippen LogP contribution in [0.5, 0.6) is 34.5 Å². The van der Waals surface area contributed by atoms with E-state index in [0.717, 1.165) is 0 Å². The van der Waals surface area contributed by atoms with E-state index in [9.17, 15) is 25.5 Å². The average Bonchev–Trinajstić information content (AvgIpc) is 2.43. The van der Waals surface area contributed by atoms with E-state index in [0.29, 0.717) is 23.3 Å². The van der Waals surface area contributed by atoms with Crippen molar-refractivity contribution in [3.05, 3.63) is 41.8 Å². The summed E-state index contributed by atoms with van der Waals surface area (Å²) < 4.78 is 5.65. The Bertz CT molecular complexity index is 687. The number of rotatable bonds is 1. The molecule has 5 N–H and O–H groups in total. The predicted octanol–water partition coefficient (Wildman–Crippen LogP) is 2.10. The largest absolute Gasteiger partial charge is 0.508 e. The van der Waals surface area contributed by atoms with Crippen LogP contribution in [0.15, 0.2) is 24.3 Å². The van der Waals surface area contributed by atoms with Gasteiger partial charge in [-0.3, -0.25) is 0 Å². The topological polar surface area (TPSA) is 110 Å². The van der Waals surface area contributed by atoms with Crippen LogP contribution < -0.4 is 4.74 Å². The van der Waals surface area contributed by atoms with Gasteiger partial charge in [0.2, 0.25) is 0 Å². The van der Waals surface area contributed by atoms with Gasteiger partial charge >= 0.3 is 0 Å². The summed E-state index contributed by atoms with van der Waals surface area (Å²) in [6, 6.07) is 5.18. The van der Waals surface area contributed by atoms with Gasteiger partial charge in [0.1, 0.15) is 23.4 Å². The van der Waals surface area contributed by atoms with Crippen LogP contribution in [0.1, 0.15) is 17.2 Å². The monoisotopic (exact) mass is 289 g/mol. The number of hydrogen-bond donors (Lipinski definition) is 5. The lowest BCUT2D eigenvalue weighted by Crippen LogP contribution is -2.15. The molecule has 1 atom stereocenters. The summed E-state index contributed by atoms with van der Waals surface area (Å²) in [5, 5.41) is 47.6. The molecule has 6 nitrogen and oxygen atoms in total. The molecule has 0 bridgehead atoms. The number of ether oxygens (including phenoxy) is 1. The zero-order valence-corrected chi connectivity index (χ0v) is 10.8. The van der Waals surface area contributed by atoms with Crippen LogP contribution in [0, 0.1) is 6.42 Å². The van der Waals surface area contributed by atoms with Crippen molar-refractivity contribution < 1.29 is 30.3 Å². The van der Waals surface area contributed by atoms with Gasteiger partial charge < -0.3 is 30.3 Å². The van der Waals surface area contributed by atoms with Crippen molar-refractivity contribution >= 4 is 0 Å². The fraction of sp³-hybridized carbons (Fsp3) is 0.133. The summed E-state index contributed by atoms with van der Waals surface area (Å²) in [6.45, 7) is 0. The number of fused-ring (bicyclic) bond motifs is 1. The minimum absolute atomic E-state index is 0.0592. The van der Waals surface area contributed by atoms with Crippen molar-refractivity contribution in [3.8, 4) is 34.5 Å². The minimum Gasteiger partial charge on any atom is -0.508 e. The maximum absolute atomic E-state index is 9.75. The summed E-state index contributed by atoms with van der Waals surface area (Å²) in [6.07, 6.45) is 1.55. The third kappa shape index (κ3) is 2.24. The summed E-state index contributed by atoms with van der Waals surface area (Å²) in [5.74, 6) is -1.35. The van der Waals surface area contributed by atoms with Crippen LogP contribution >= 0.6 is 0 Å². The van der Waals surface area contributed by atoms with Crippen LogP contribution in [0.3, 0.4) is 0 Å². The molecule has 0 unspecified atom stereocenters. The molecule has 21 heavy (non-hydrogen) atoms. The lowest BCUT2D eigenvalue weighted by Gasteiger charge is -2.27. The fourth-order valence-electron chi connectivity index (χ4n) is 2.33. The molecule has 0 fully saturated rings. The molecule has 3 rings (SSSR count). The molecule has 1 aliphatic heterocycles. The molecule has 1 radical (unpaired) electrons. The second kappa shape index (κ2) is 4.66. The van der Waals surface area contributed by atoms with Crippen LogP contribution in [0.25, 0.3) is 0 Å². The van der Waals surface area contributed by atoms with Crippen molar-refractivity contribution in [3.63, 3.8) is 0 Å². The Kier molecular flexibility index (Phi) is 2.94. The lowest BCUT2D eigenvalue weighted by atomic mass is 9.96. The second-order valence-corrected chi connectivity index (χ2v) is 4.83. The van der Waals surface area contributed by atoms with Gasteiger partial charge in [0.25, 0.3) is 0 Å². The van der Waals surface area contributed by atoms with E-state index < -0.39 is 23.4 Å². The Balaban J connectivity index is 1.96. The Hall–Kier alpha value is -2.76. The first-order valence-electron chi connectivity index (χ1n) is 6.25. The zero-order chi connectivity index (χ0) is 15.1. The SMILES string of the molecule is Oc1cc(O)c2c(c1)O[C@H](c1cc(O)c(O)c(O)c1)[CH]C2. The Morgan fingerprint density at radius 3 is 2.19 bits per heavy atom. The van der Waals surface area contributed by atoms with Crippen LogP contribution in [-0.4, -0.2) is 25.5 Å². The first-order chi connectivity index (χ1) is 9.95. The highest BCUT2D eigenvalue weighted by atomic mass is 16.5. The molecule has 109 valence electrons. The van der Waals surface area contributed by atoms with Crippen molar-refractivity contribution in [2.24, 2.45) is 0 Å². The highest BCUT2D eigenvalue weighted by Gasteiger charge is 2.26. The van der Waals surface area contributed by atoms with E-state index >= 15 is 0 Å². The van der Waals surface area contributed by atoms with Gasteiger partial charge in [-0.05, 0) is 18.6 Å². The molecule has 1 aliphatic rings. The molecule has 0 saturated heterocycles. The molecule has 0 aliphatic carbocycles. The highest BCUT2D eigenvalue weighted by Crippen LogP contribution is 2.44. The van der Waals surface area contributed by atoms with Gasteiger partial charge in [-0.1, -0.05) is 0 Å². The van der Waals surface area contributed by atoms with E-state index in [2.05, 4.69) is 0 Å². The van der Waals surface area contributed by atoms with E-state index in [4.69, 9.17) is 4.74 Å². The number of phenolic OH excluding ortho intramolecular Hbond substituents is 5. The van der Waals surface area contributed by atoms with E-state index in [1.807, 2.05) is 0 Å². The quantitative estimate of drug-likeness (QED) is 0.514. The smallest absolute Gasteiger partial charge is 0.200 e. The van der Waals surface area contributed by atoms with Gasteiger partial charge in [0.05, 0.1) is 0 Å². The maximum Gasteiger partial charge on any atom is 0.200 e. The molecule has 2 aromatic rings. The van der Waals surface area contributed by atoms with Crippen LogP contribution in [-0.2, 0) is 6.42 Å². The van der Waals surface area contributed by atoms with Crippen LogP contribution in [0.2, 0.25) is 0 Å². The first-order valence-corrected chi connectivity index (χ1v) is 6.25. The molecule has 0 amide bonds. The van der Waals surface area contributed by atoms with Crippen molar-refractivity contribution in [1.82, 2.24) is 0 Å². The van der Waals surface area contributed by atoms with Crippen LogP contribution in [0.4, 0.5) is 0 Å². The second-order valence-electron chi connectivity index (χ2n) is 4.83. The minimum atomic E-state index is -0.592. The molecule has 1 heterocycles. The normalized spacial score (nSPS) is 17.0. The van der Waals surface area contributed by atoms with E-state index in [-0.39, 0.29) is 11.5 Å². The molecular weight excluding hydrogens is 276 g/mol. The van der Waals surface area contributed by atoms with E-state index in [1.54, 1.807) is 6.42 Å². The summed E-state index contributed by atoms with van der Waals surface area (Å²) in [7, 11) is 0. The average molecular weight is 289 g/mol. The summed E-state index contributed by atoms with van der Waals surface area (Å²) in [5.41, 5.74) is 0.993. The number of aromatic hydroxyl groups is 5. The fourth-order valence-corrected chi connectivity index (χ4v) is 2.33. The summed E-state index contributed by atoms with van der Waals surface area (Å²) >= 11 is 0. The Labute approximate surface area is 120 Å². The number of benzene rings is 2. The van der Waals surface area contributed by atoms with Gasteiger partial charge in [-0.2, -0.15) is 0 Å². The molecule has 6 heteroatoms. The van der Waals surface area contributed by atoms with Gasteiger partial charge in [0, 0.05) is 29.7 Å². The number of hydrogen-bond acceptors (Lipinski definition) is 6. The lowest BCUT2D eigenvalue weighted by molar-refractivity contribution is 0.216. The molecule has 2 aromatic carbocycles. The van der Waals surface area contributed by atoms with E-state index in [1.165, 1.54) is 24.3 Å². The molecule has 0 saturated carbocycles. The molecular formula is C15H13O6. The maximum atomic E-state index is 9.75. The van der Waals surface area contributed by atoms with Gasteiger partial charge in [-0.25, -0.2) is 0 Å². The van der Waals surface area contributed by atoms with Gasteiger partial charge in [-0.15, -0.1) is 0 Å². The predicted molar refractivity (Wildman–Crippen MR) is 72.6 cm³/mol. The third-order valence-electron chi connectivity index (χ3n) is 3.38. The van der Waals surface area contributed by atoms with Crippen molar-refractivity contribution in [2.75, 3.05) is 0 Å². The van der Waals surface area contributed by atoms with Gasteiger partial charge in [0.15, 0.2) is 17.2 Å². The standard InChI is InChI=1S/C15H13O6/c16-8-5-10(17)9-1-2-13(21-14(9)6-8)7-3-11(18)15(20)12(19)4-7/h2-6,13,16-20H,1H2/t13-/m0/s1. The third-order valence-corrected chi connectivity index (χ3v) is 3.38. The zero-order valence-electron chi connectivity index (χ0n) is 10.8. The Morgan fingerprint density at radius 2 is 1.52 bits per heavy atom. The Morgan fingerprint density at radius 1 is 0.857 bits per heavy atom. The summed E-state index contributed by atoms with van der Waals surface area (Å²) in [4.78, 5) is 0. The molecule has 0 aromatic heterocycles. The first kappa shape index (κ1) is 13.2. The highest BCUT2D eigenvalue weighted by molar-refractivity contribution is 5.54. The van der Waals surface area contributed by atoms with Crippen molar-refractivity contribution in [1.29, 1.82) is 0 Å². The van der Waals surface area contributed by atoms with Crippen molar-refractivity contribution in [2.45, 2.75) is 12.5 Å². The number of phenols is 5. The molecule has 0 spiro atoms.